The Hall–Kier alpha value is -10.2. The lowest BCUT2D eigenvalue weighted by Crippen LogP contribution is -2.62. The molecule has 5 aromatic rings. The molecule has 2 saturated heterocycles. The third-order valence-corrected chi connectivity index (χ3v) is 16.9. The van der Waals surface area contributed by atoms with E-state index in [-0.39, 0.29) is 69.7 Å². The molecule has 10 atom stereocenters. The Bertz CT molecular complexity index is 3550. The predicted octanol–water partition coefficient (Wildman–Crippen LogP) is 0.484. The molecule has 7 rings (SSSR count). The summed E-state index contributed by atoms with van der Waals surface area (Å²) in [5.74, 6) is -11.8. The molecular weight excluding hydrogens is 1230 g/mol. The molecule has 0 spiro atoms. The number of fused-ring (bicyclic) bond motifs is 2. The summed E-state index contributed by atoms with van der Waals surface area (Å²) in [7, 11) is 0. The number of benzene rings is 4. The second kappa shape index (κ2) is 35.4. The van der Waals surface area contributed by atoms with Crippen LogP contribution in [0.1, 0.15) is 108 Å². The molecule has 3 heterocycles. The van der Waals surface area contributed by atoms with Gasteiger partial charge in [-0.3, -0.25) is 57.5 Å². The summed E-state index contributed by atoms with van der Waals surface area (Å²) in [6.45, 7) is 7.22. The first-order valence-electron chi connectivity index (χ1n) is 32.6. The standard InChI is InChI=1S/C69H90N14O13/c1-39(2)32-50-62(89)81-55(35-42-18-9-6-10-19-42)69(96)83-31-15-23-56(83)67(94)80-53(36-44-38-73-47-21-12-11-20-46(44)47)64(91)78-51(33-41-16-7-5-8-17-41)63(90)79-54(37-58(72)86)65(92)74-49(28-29-57(71)85)61(88)77-52(34-43-24-26-45(84)27-25-43)66(93)82-59(40(3)4)68(95)75-48(60(87)76-50)22-13-14-30-70/h5-12,16-21,24-27,38-40,48-56,59,73,84H,13-15,22-23,28-37,70H2,1-4H3,(H2,71,85)(H2,72,86)(H,74,92)(H,75,95)(H,76,87)(H,77,88)(H,78,91)(H,79,90)(H,80,94)(H,81,89)(H,82,93). The number of aromatic nitrogens is 1. The molecule has 27 nitrogen and oxygen atoms in total. The van der Waals surface area contributed by atoms with Gasteiger partial charge in [0, 0.05) is 55.7 Å². The molecule has 2 fully saturated rings. The number of hydrogen-bond donors (Lipinski definition) is 14. The van der Waals surface area contributed by atoms with Gasteiger partial charge in [-0.1, -0.05) is 119 Å². The molecule has 0 bridgehead atoms. The average molecular weight is 1320 g/mol. The number of rotatable bonds is 20. The van der Waals surface area contributed by atoms with Crippen LogP contribution in [-0.4, -0.2) is 159 Å². The zero-order chi connectivity index (χ0) is 69.6. The molecule has 17 N–H and O–H groups in total. The predicted molar refractivity (Wildman–Crippen MR) is 356 cm³/mol. The number of H-pyrrole nitrogens is 1. The van der Waals surface area contributed by atoms with Crippen molar-refractivity contribution in [2.75, 3.05) is 13.1 Å². The van der Waals surface area contributed by atoms with Crippen molar-refractivity contribution in [3.05, 3.63) is 138 Å². The van der Waals surface area contributed by atoms with Gasteiger partial charge in [0.2, 0.25) is 70.9 Å². The van der Waals surface area contributed by atoms with E-state index >= 15 is 14.4 Å². The number of aromatic amines is 1. The maximum atomic E-state index is 15.3. The van der Waals surface area contributed by atoms with E-state index in [0.717, 1.165) is 0 Å². The van der Waals surface area contributed by atoms with E-state index < -0.39 is 156 Å². The zero-order valence-electron chi connectivity index (χ0n) is 54.5. The Kier molecular flexibility index (Phi) is 27.0. The molecule has 0 radical (unpaired) electrons. The van der Waals surface area contributed by atoms with E-state index in [1.807, 2.05) is 32.0 Å². The van der Waals surface area contributed by atoms with E-state index in [9.17, 15) is 48.3 Å². The number of primary amides is 2. The minimum absolute atomic E-state index is 0.0254. The van der Waals surface area contributed by atoms with Gasteiger partial charge in [0.05, 0.1) is 6.42 Å². The summed E-state index contributed by atoms with van der Waals surface area (Å²) in [6.07, 6.45) is 0.438. The first kappa shape index (κ1) is 73.2. The summed E-state index contributed by atoms with van der Waals surface area (Å²) in [5, 5.41) is 35.3. The normalized spacial score (nSPS) is 23.5. The highest BCUT2D eigenvalue weighted by atomic mass is 16.3. The molecule has 12 amide bonds. The van der Waals surface area contributed by atoms with Gasteiger partial charge in [-0.25, -0.2) is 0 Å². The van der Waals surface area contributed by atoms with Gasteiger partial charge < -0.3 is 80.0 Å². The van der Waals surface area contributed by atoms with Gasteiger partial charge in [0.25, 0.3) is 0 Å². The smallest absolute Gasteiger partial charge is 0.246 e. The molecule has 514 valence electrons. The van der Waals surface area contributed by atoms with Crippen molar-refractivity contribution >= 4 is 81.8 Å². The van der Waals surface area contributed by atoms with Crippen LogP contribution in [0, 0.1) is 11.8 Å². The number of amides is 12. The van der Waals surface area contributed by atoms with Crippen molar-refractivity contribution in [1.29, 1.82) is 0 Å². The van der Waals surface area contributed by atoms with Gasteiger partial charge in [-0.2, -0.15) is 0 Å². The minimum Gasteiger partial charge on any atom is -0.508 e. The molecule has 0 saturated carbocycles. The lowest BCUT2D eigenvalue weighted by atomic mass is 9.98. The largest absolute Gasteiger partial charge is 0.508 e. The lowest BCUT2D eigenvalue weighted by Gasteiger charge is -2.32. The van der Waals surface area contributed by atoms with Crippen LogP contribution in [-0.2, 0) is 83.2 Å². The number of para-hydroxylation sites is 1. The van der Waals surface area contributed by atoms with Crippen LogP contribution in [0.5, 0.6) is 5.75 Å². The van der Waals surface area contributed by atoms with Gasteiger partial charge in [0.15, 0.2) is 0 Å². The third kappa shape index (κ3) is 21.4. The number of unbranched alkanes of at least 4 members (excludes halogenated alkanes) is 1. The number of nitrogens with two attached hydrogens (primary N) is 3. The number of carbonyl (C=O) groups is 12. The number of hydrogen-bond acceptors (Lipinski definition) is 14. The Morgan fingerprint density at radius 1 is 0.500 bits per heavy atom. The van der Waals surface area contributed by atoms with E-state index in [1.54, 1.807) is 86.8 Å². The molecule has 4 aromatic carbocycles. The van der Waals surface area contributed by atoms with Crippen molar-refractivity contribution in [2.45, 2.75) is 172 Å². The maximum Gasteiger partial charge on any atom is 0.246 e. The second-order valence-electron chi connectivity index (χ2n) is 25.3. The monoisotopic (exact) mass is 1320 g/mol. The van der Waals surface area contributed by atoms with E-state index in [0.29, 0.717) is 52.4 Å². The van der Waals surface area contributed by atoms with E-state index in [2.05, 4.69) is 52.8 Å². The number of carbonyl (C=O) groups excluding carboxylic acids is 12. The molecule has 96 heavy (non-hydrogen) atoms. The molecule has 10 unspecified atom stereocenters. The van der Waals surface area contributed by atoms with Crippen molar-refractivity contribution in [3.8, 4) is 5.75 Å². The highest BCUT2D eigenvalue weighted by molar-refractivity contribution is 6.01. The topological polar surface area (TPSA) is 430 Å². The Morgan fingerprint density at radius 3 is 1.55 bits per heavy atom. The average Bonchev–Trinajstić information content (AvgIpc) is 1.66. The molecule has 0 aliphatic carbocycles. The van der Waals surface area contributed by atoms with Crippen LogP contribution < -0.4 is 65.1 Å². The number of nitrogens with one attached hydrogen (secondary N) is 10. The van der Waals surface area contributed by atoms with Crippen LogP contribution in [0.25, 0.3) is 10.9 Å². The summed E-state index contributed by atoms with van der Waals surface area (Å²) in [4.78, 5) is 178. The molecular formula is C69H90N14O13. The quantitative estimate of drug-likeness (QED) is 0.0472. The molecule has 2 aliphatic heterocycles. The zero-order valence-corrected chi connectivity index (χ0v) is 54.5. The number of phenolic OH excluding ortho intramolecular Hbond substituents is 1. The molecule has 1 aromatic heterocycles. The maximum absolute atomic E-state index is 15.3. The van der Waals surface area contributed by atoms with Crippen LogP contribution in [0.4, 0.5) is 0 Å². The molecule has 2 aliphatic rings. The minimum atomic E-state index is -1.86. The van der Waals surface area contributed by atoms with Crippen molar-refractivity contribution < 1.29 is 62.6 Å². The second-order valence-corrected chi connectivity index (χ2v) is 25.3. The first-order chi connectivity index (χ1) is 45.9. The number of nitrogens with zero attached hydrogens (tertiary/aromatic N) is 1. The van der Waals surface area contributed by atoms with Gasteiger partial charge >= 0.3 is 0 Å². The Labute approximate surface area is 557 Å². The van der Waals surface area contributed by atoms with Gasteiger partial charge in [-0.05, 0) is 104 Å². The fraction of sp³-hybridized carbons (Fsp3) is 0.449. The van der Waals surface area contributed by atoms with E-state index in [4.69, 9.17) is 17.2 Å². The Balaban J connectivity index is 1.33. The fourth-order valence-corrected chi connectivity index (χ4v) is 11.8. The van der Waals surface area contributed by atoms with Crippen LogP contribution in [0.2, 0.25) is 0 Å². The lowest BCUT2D eigenvalue weighted by molar-refractivity contribution is -0.142. The summed E-state index contributed by atoms with van der Waals surface area (Å²) in [6, 6.07) is 15.5. The SMILES string of the molecule is CC(C)CC1NC(=O)C(CCCCN)NC(=O)C(C(C)C)NC(=O)C(Cc2ccc(O)cc2)NC(=O)C(CCC(N)=O)NC(=O)C(CC(N)=O)NC(=O)C(Cc2ccccc2)NC(=O)C(Cc2c[nH]c3ccccc23)NC(=O)C2CCCN2C(=O)C(Cc2ccccc2)NC1=O. The summed E-state index contributed by atoms with van der Waals surface area (Å²) < 4.78 is 0. The van der Waals surface area contributed by atoms with Crippen LogP contribution >= 0.6 is 0 Å². The highest BCUT2D eigenvalue weighted by Gasteiger charge is 2.42. The summed E-state index contributed by atoms with van der Waals surface area (Å²) in [5.41, 5.74) is 20.0. The number of aromatic hydroxyl groups is 1. The summed E-state index contributed by atoms with van der Waals surface area (Å²) >= 11 is 0. The van der Waals surface area contributed by atoms with Crippen molar-refractivity contribution in [3.63, 3.8) is 0 Å². The number of phenols is 1. The molecule has 27 heteroatoms. The van der Waals surface area contributed by atoms with Crippen molar-refractivity contribution in [1.82, 2.24) is 57.7 Å². The van der Waals surface area contributed by atoms with Gasteiger partial charge in [0.1, 0.15) is 66.2 Å². The fourth-order valence-electron chi connectivity index (χ4n) is 11.8. The highest BCUT2D eigenvalue weighted by Crippen LogP contribution is 2.24. The first-order valence-corrected chi connectivity index (χ1v) is 32.6. The van der Waals surface area contributed by atoms with Crippen molar-refractivity contribution in [2.24, 2.45) is 29.0 Å². The van der Waals surface area contributed by atoms with Crippen LogP contribution in [0.15, 0.2) is 115 Å². The van der Waals surface area contributed by atoms with Gasteiger partial charge in [-0.15, -0.1) is 0 Å². The van der Waals surface area contributed by atoms with E-state index in [1.165, 1.54) is 29.2 Å². The Morgan fingerprint density at radius 2 is 0.969 bits per heavy atom. The van der Waals surface area contributed by atoms with Crippen LogP contribution in [0.3, 0.4) is 0 Å². The third-order valence-electron chi connectivity index (χ3n) is 16.9.